The Bertz CT molecular complexity index is 908. The van der Waals surface area contributed by atoms with Crippen LogP contribution in [0.5, 0.6) is 17.2 Å². The summed E-state index contributed by atoms with van der Waals surface area (Å²) in [6, 6.07) is 12.6. The highest BCUT2D eigenvalue weighted by molar-refractivity contribution is 7.14. The summed E-state index contributed by atoms with van der Waals surface area (Å²) < 4.78 is 10.6. The molecule has 120 valence electrons. The lowest BCUT2D eigenvalue weighted by Crippen LogP contribution is -1.93. The highest BCUT2D eigenvalue weighted by atomic mass is 32.1. The summed E-state index contributed by atoms with van der Waals surface area (Å²) in [6.45, 7) is 0.255. The summed E-state index contributed by atoms with van der Waals surface area (Å²) in [7, 11) is 0. The molecule has 7 heteroatoms. The van der Waals surface area contributed by atoms with Gasteiger partial charge in [-0.15, -0.1) is 11.3 Å². The second kappa shape index (κ2) is 6.21. The first kappa shape index (κ1) is 14.5. The van der Waals surface area contributed by atoms with Crippen LogP contribution >= 0.6 is 11.3 Å². The number of aromatic nitrogens is 1. The van der Waals surface area contributed by atoms with E-state index in [1.165, 1.54) is 11.3 Å². The molecule has 0 spiro atoms. The smallest absolute Gasteiger partial charge is 0.231 e. The largest absolute Gasteiger partial charge is 0.508 e. The number of nitrogens with zero attached hydrogens (tertiary/aromatic N) is 2. The first-order valence-corrected chi connectivity index (χ1v) is 8.09. The second-order valence-electron chi connectivity index (χ2n) is 5.07. The summed E-state index contributed by atoms with van der Waals surface area (Å²) in [5.41, 5.74) is 5.46. The summed E-state index contributed by atoms with van der Waals surface area (Å²) in [5.74, 6) is 1.69. The van der Waals surface area contributed by atoms with Crippen LogP contribution in [0.15, 0.2) is 52.9 Å². The van der Waals surface area contributed by atoms with Gasteiger partial charge in [-0.2, -0.15) is 5.10 Å². The number of aromatic hydroxyl groups is 1. The van der Waals surface area contributed by atoms with Gasteiger partial charge in [-0.05, 0) is 35.9 Å². The predicted molar refractivity (Wildman–Crippen MR) is 93.0 cm³/mol. The number of thiazole rings is 1. The zero-order valence-corrected chi connectivity index (χ0v) is 13.3. The van der Waals surface area contributed by atoms with Crippen molar-refractivity contribution in [3.63, 3.8) is 0 Å². The minimum absolute atomic E-state index is 0.218. The van der Waals surface area contributed by atoms with Crippen LogP contribution in [0.4, 0.5) is 5.13 Å². The van der Waals surface area contributed by atoms with Gasteiger partial charge in [-0.3, -0.25) is 5.43 Å². The Hall–Kier alpha value is -3.06. The normalized spacial score (nSPS) is 12.7. The van der Waals surface area contributed by atoms with Crippen LogP contribution in [0.25, 0.3) is 11.3 Å². The third-order valence-electron chi connectivity index (χ3n) is 3.42. The fourth-order valence-electron chi connectivity index (χ4n) is 2.28. The number of phenolic OH excluding ortho intramolecular Hbond substituents is 1. The van der Waals surface area contributed by atoms with Crippen LogP contribution in [-0.2, 0) is 0 Å². The van der Waals surface area contributed by atoms with E-state index in [2.05, 4.69) is 15.5 Å². The topological polar surface area (TPSA) is 76.0 Å². The zero-order valence-electron chi connectivity index (χ0n) is 12.5. The molecular weight excluding hydrogens is 326 g/mol. The first-order valence-electron chi connectivity index (χ1n) is 7.21. The number of benzene rings is 2. The van der Waals surface area contributed by atoms with E-state index in [-0.39, 0.29) is 12.5 Å². The van der Waals surface area contributed by atoms with Crippen molar-refractivity contribution in [2.24, 2.45) is 5.10 Å². The van der Waals surface area contributed by atoms with Crippen LogP contribution < -0.4 is 14.9 Å². The molecule has 0 amide bonds. The number of fused-ring (bicyclic) bond motifs is 1. The van der Waals surface area contributed by atoms with Crippen molar-refractivity contribution in [3.8, 4) is 28.5 Å². The number of phenols is 1. The lowest BCUT2D eigenvalue weighted by molar-refractivity contribution is 0.174. The van der Waals surface area contributed by atoms with Gasteiger partial charge in [0.2, 0.25) is 11.9 Å². The fraction of sp³-hybridized carbons (Fsp3) is 0.0588. The molecule has 0 unspecified atom stereocenters. The molecule has 6 nitrogen and oxygen atoms in total. The maximum Gasteiger partial charge on any atom is 0.231 e. The highest BCUT2D eigenvalue weighted by Gasteiger charge is 2.12. The minimum Gasteiger partial charge on any atom is -0.508 e. The maximum atomic E-state index is 9.53. The van der Waals surface area contributed by atoms with E-state index in [4.69, 9.17) is 9.47 Å². The van der Waals surface area contributed by atoms with E-state index < -0.39 is 0 Å². The molecule has 0 fully saturated rings. The molecule has 0 radical (unpaired) electrons. The molecule has 1 aromatic heterocycles. The Balaban J connectivity index is 1.45. The average molecular weight is 339 g/mol. The van der Waals surface area contributed by atoms with Crippen LogP contribution in [0.3, 0.4) is 0 Å². The number of hydrogen-bond acceptors (Lipinski definition) is 7. The maximum absolute atomic E-state index is 9.53. The SMILES string of the molecule is Oc1cccc(-c2csc(NN=Cc3ccc4c(c3)OCO4)n2)c1. The average Bonchev–Trinajstić information content (AvgIpc) is 3.23. The molecule has 0 aliphatic carbocycles. The highest BCUT2D eigenvalue weighted by Crippen LogP contribution is 2.32. The predicted octanol–water partition coefficient (Wildman–Crippen LogP) is 3.69. The first-order chi connectivity index (χ1) is 11.8. The number of rotatable bonds is 4. The molecule has 24 heavy (non-hydrogen) atoms. The molecule has 4 rings (SSSR count). The van der Waals surface area contributed by atoms with E-state index in [9.17, 15) is 5.11 Å². The molecule has 0 saturated heterocycles. The van der Waals surface area contributed by atoms with Gasteiger partial charge in [0.15, 0.2) is 11.5 Å². The van der Waals surface area contributed by atoms with Crippen molar-refractivity contribution in [1.29, 1.82) is 0 Å². The van der Waals surface area contributed by atoms with Gasteiger partial charge >= 0.3 is 0 Å². The summed E-state index contributed by atoms with van der Waals surface area (Å²) >= 11 is 1.44. The molecule has 1 aliphatic heterocycles. The standard InChI is InChI=1S/C17H13N3O3S/c21-13-3-1-2-12(7-13)14-9-24-17(19-14)20-18-8-11-4-5-15-16(6-11)23-10-22-15/h1-9,21H,10H2,(H,19,20). The fourth-order valence-corrected chi connectivity index (χ4v) is 2.95. The molecule has 0 saturated carbocycles. The van der Waals surface area contributed by atoms with Crippen LogP contribution in [-0.4, -0.2) is 23.1 Å². The Morgan fingerprint density at radius 2 is 2.08 bits per heavy atom. The van der Waals surface area contributed by atoms with Crippen molar-refractivity contribution in [1.82, 2.24) is 4.98 Å². The summed E-state index contributed by atoms with van der Waals surface area (Å²) in [5, 5.41) is 16.3. The van der Waals surface area contributed by atoms with Gasteiger partial charge in [0.05, 0.1) is 11.9 Å². The summed E-state index contributed by atoms with van der Waals surface area (Å²) in [4.78, 5) is 4.45. The number of ether oxygens (including phenoxy) is 2. The molecule has 2 N–H and O–H groups in total. The van der Waals surface area contributed by atoms with Crippen molar-refractivity contribution in [2.45, 2.75) is 0 Å². The number of nitrogens with one attached hydrogen (secondary N) is 1. The number of anilines is 1. The van der Waals surface area contributed by atoms with Crippen molar-refractivity contribution in [2.75, 3.05) is 12.2 Å². The van der Waals surface area contributed by atoms with E-state index in [1.807, 2.05) is 29.6 Å². The zero-order chi connectivity index (χ0) is 16.4. The molecule has 0 atom stereocenters. The van der Waals surface area contributed by atoms with E-state index in [1.54, 1.807) is 24.4 Å². The van der Waals surface area contributed by atoms with Gasteiger partial charge in [0.1, 0.15) is 5.75 Å². The van der Waals surface area contributed by atoms with Crippen molar-refractivity contribution < 1.29 is 14.6 Å². The number of hydrogen-bond donors (Lipinski definition) is 2. The molecule has 2 aromatic carbocycles. The van der Waals surface area contributed by atoms with E-state index in [0.717, 1.165) is 28.3 Å². The third kappa shape index (κ3) is 3.02. The van der Waals surface area contributed by atoms with Crippen molar-refractivity contribution in [3.05, 3.63) is 53.4 Å². The van der Waals surface area contributed by atoms with Crippen molar-refractivity contribution >= 4 is 22.7 Å². The van der Waals surface area contributed by atoms with E-state index in [0.29, 0.717) is 5.13 Å². The number of hydrazone groups is 1. The lowest BCUT2D eigenvalue weighted by Gasteiger charge is -1.98. The monoisotopic (exact) mass is 339 g/mol. The molecule has 3 aromatic rings. The Kier molecular flexibility index (Phi) is 3.76. The Labute approximate surface area is 142 Å². The molecular formula is C17H13N3O3S. The lowest BCUT2D eigenvalue weighted by atomic mass is 10.2. The summed E-state index contributed by atoms with van der Waals surface area (Å²) in [6.07, 6.45) is 1.69. The molecule has 0 bridgehead atoms. The van der Waals surface area contributed by atoms with Crippen LogP contribution in [0, 0.1) is 0 Å². The van der Waals surface area contributed by atoms with Crippen LogP contribution in [0.2, 0.25) is 0 Å². The quantitative estimate of drug-likeness (QED) is 0.560. The van der Waals surface area contributed by atoms with Crippen LogP contribution in [0.1, 0.15) is 5.56 Å². The Morgan fingerprint density at radius 1 is 1.17 bits per heavy atom. The Morgan fingerprint density at radius 3 is 3.00 bits per heavy atom. The molecule has 2 heterocycles. The van der Waals surface area contributed by atoms with Gasteiger partial charge in [0, 0.05) is 10.9 Å². The minimum atomic E-state index is 0.218. The van der Waals surface area contributed by atoms with Gasteiger partial charge in [-0.1, -0.05) is 12.1 Å². The van der Waals surface area contributed by atoms with Gasteiger partial charge < -0.3 is 14.6 Å². The third-order valence-corrected chi connectivity index (χ3v) is 4.16. The second-order valence-corrected chi connectivity index (χ2v) is 5.93. The van der Waals surface area contributed by atoms with E-state index >= 15 is 0 Å². The van der Waals surface area contributed by atoms with Gasteiger partial charge in [-0.25, -0.2) is 4.98 Å². The molecule has 1 aliphatic rings. The van der Waals surface area contributed by atoms with Gasteiger partial charge in [0.25, 0.3) is 0 Å².